The average Bonchev–Trinajstić information content (AvgIpc) is 3.13. The third-order valence-corrected chi connectivity index (χ3v) is 4.01. The fourth-order valence-electron chi connectivity index (χ4n) is 2.64. The number of anilines is 1. The molecule has 0 aliphatic carbocycles. The van der Waals surface area contributed by atoms with Crippen LogP contribution >= 0.6 is 24.8 Å². The van der Waals surface area contributed by atoms with Gasteiger partial charge in [-0.3, -0.25) is 9.59 Å². The number of primary amides is 1. The molecule has 2 aromatic rings. The Morgan fingerprint density at radius 3 is 2.61 bits per heavy atom. The van der Waals surface area contributed by atoms with Crippen molar-refractivity contribution in [3.63, 3.8) is 0 Å². The number of carbonyl (C=O) groups is 2. The Balaban J connectivity index is 0.00000196. The molecule has 1 aromatic heterocycles. The molecule has 0 radical (unpaired) electrons. The van der Waals surface area contributed by atoms with Crippen molar-refractivity contribution in [3.05, 3.63) is 48.2 Å². The van der Waals surface area contributed by atoms with E-state index in [1.165, 1.54) is 12.3 Å². The summed E-state index contributed by atoms with van der Waals surface area (Å²) in [5.41, 5.74) is 11.7. The second-order valence-corrected chi connectivity index (χ2v) is 5.93. The van der Waals surface area contributed by atoms with Gasteiger partial charge in [-0.2, -0.15) is 0 Å². The Morgan fingerprint density at radius 1 is 1.21 bits per heavy atom. The zero-order chi connectivity index (χ0) is 18.5. The van der Waals surface area contributed by atoms with Crippen LogP contribution in [0.2, 0.25) is 0 Å². The number of carbonyl (C=O) groups excluding carboxylic acids is 2. The van der Waals surface area contributed by atoms with Crippen LogP contribution in [0, 0.1) is 0 Å². The third-order valence-electron chi connectivity index (χ3n) is 4.01. The quantitative estimate of drug-likeness (QED) is 0.646. The Kier molecular flexibility index (Phi) is 9.14. The number of nitrogens with two attached hydrogens (primary N) is 2. The van der Waals surface area contributed by atoms with E-state index < -0.39 is 12.0 Å². The van der Waals surface area contributed by atoms with Gasteiger partial charge in [0.15, 0.2) is 0 Å². The number of hydrogen-bond donors (Lipinski definition) is 3. The van der Waals surface area contributed by atoms with Crippen molar-refractivity contribution in [1.82, 2.24) is 4.98 Å². The van der Waals surface area contributed by atoms with Crippen LogP contribution in [0.1, 0.15) is 23.2 Å². The lowest BCUT2D eigenvalue weighted by Gasteiger charge is -2.13. The lowest BCUT2D eigenvalue weighted by Crippen LogP contribution is -2.29. The number of halogens is 2. The van der Waals surface area contributed by atoms with Crippen molar-refractivity contribution in [2.45, 2.75) is 25.0 Å². The molecule has 10 heteroatoms. The molecule has 1 fully saturated rings. The predicted molar refractivity (Wildman–Crippen MR) is 109 cm³/mol. The van der Waals surface area contributed by atoms with Gasteiger partial charge in [-0.1, -0.05) is 6.07 Å². The molecule has 0 spiro atoms. The minimum Gasteiger partial charge on any atom is -0.439 e. The number of rotatable bonds is 6. The lowest BCUT2D eigenvalue weighted by molar-refractivity contribution is -0.126. The molecule has 1 aromatic carbocycles. The molecule has 2 heterocycles. The van der Waals surface area contributed by atoms with Gasteiger partial charge < -0.3 is 26.3 Å². The number of nitrogens with zero attached hydrogens (tertiary/aromatic N) is 1. The fraction of sp³-hybridized carbons (Fsp3) is 0.278. The first kappa shape index (κ1) is 23.6. The van der Waals surface area contributed by atoms with Crippen LogP contribution in [-0.4, -0.2) is 35.6 Å². The molecule has 2 amide bonds. The van der Waals surface area contributed by atoms with Crippen molar-refractivity contribution < 1.29 is 19.1 Å². The fourth-order valence-corrected chi connectivity index (χ4v) is 2.64. The summed E-state index contributed by atoms with van der Waals surface area (Å²) >= 11 is 0. The van der Waals surface area contributed by atoms with Crippen LogP contribution in [0.3, 0.4) is 0 Å². The Bertz CT molecular complexity index is 804. The van der Waals surface area contributed by atoms with Crippen LogP contribution in [-0.2, 0) is 9.53 Å². The average molecular weight is 429 g/mol. The standard InChI is InChI=1S/C18H20N4O4.2ClH/c19-9-14-5-6-15(25-14)18(24)22-12-4-7-16(21-10-12)26-13-3-1-2-11(8-13)17(20)23;;/h1-4,7-8,10,14-15H,5-6,9,19H2,(H2,20,23)(H,22,24);2*1H/t14-,15+;;/m1../s1. The molecule has 28 heavy (non-hydrogen) atoms. The highest BCUT2D eigenvalue weighted by molar-refractivity contribution is 5.94. The largest absolute Gasteiger partial charge is 0.439 e. The SMILES string of the molecule is Cl.Cl.NC[C@H]1CC[C@@H](C(=O)Nc2ccc(Oc3cccc(C(N)=O)c3)nc2)O1. The van der Waals surface area contributed by atoms with E-state index in [1.54, 1.807) is 30.3 Å². The van der Waals surface area contributed by atoms with Crippen molar-refractivity contribution in [2.75, 3.05) is 11.9 Å². The van der Waals surface area contributed by atoms with Crippen molar-refractivity contribution in [2.24, 2.45) is 11.5 Å². The van der Waals surface area contributed by atoms with Gasteiger partial charge in [0.05, 0.1) is 18.0 Å². The number of pyridine rings is 1. The molecular weight excluding hydrogens is 407 g/mol. The molecule has 1 saturated heterocycles. The van der Waals surface area contributed by atoms with Gasteiger partial charge in [-0.15, -0.1) is 24.8 Å². The summed E-state index contributed by atoms with van der Waals surface area (Å²) < 4.78 is 11.1. The minimum absolute atomic E-state index is 0. The van der Waals surface area contributed by atoms with Crippen LogP contribution in [0.25, 0.3) is 0 Å². The number of nitrogens with one attached hydrogen (secondary N) is 1. The number of hydrogen-bond acceptors (Lipinski definition) is 6. The third kappa shape index (κ3) is 6.07. The zero-order valence-electron chi connectivity index (χ0n) is 14.9. The van der Waals surface area contributed by atoms with E-state index in [2.05, 4.69) is 10.3 Å². The molecule has 8 nitrogen and oxygen atoms in total. The van der Waals surface area contributed by atoms with Gasteiger partial charge in [-0.05, 0) is 37.1 Å². The maximum absolute atomic E-state index is 12.2. The Hall–Kier alpha value is -2.39. The van der Waals surface area contributed by atoms with Crippen LogP contribution in [0.4, 0.5) is 5.69 Å². The number of benzene rings is 1. The Labute approximate surface area is 174 Å². The van der Waals surface area contributed by atoms with Gasteiger partial charge in [0.1, 0.15) is 11.9 Å². The van der Waals surface area contributed by atoms with Crippen LogP contribution < -0.4 is 21.5 Å². The first-order chi connectivity index (χ1) is 12.5. The summed E-state index contributed by atoms with van der Waals surface area (Å²) in [4.78, 5) is 27.5. The summed E-state index contributed by atoms with van der Waals surface area (Å²) in [6, 6.07) is 9.78. The van der Waals surface area contributed by atoms with Crippen LogP contribution in [0.5, 0.6) is 11.6 Å². The summed E-state index contributed by atoms with van der Waals surface area (Å²) in [7, 11) is 0. The molecule has 0 unspecified atom stereocenters. The molecule has 1 aliphatic rings. The summed E-state index contributed by atoms with van der Waals surface area (Å²) in [5, 5.41) is 2.76. The molecular formula is C18H22Cl2N4O4. The maximum atomic E-state index is 12.2. The van der Waals surface area contributed by atoms with Gasteiger partial charge in [0.2, 0.25) is 11.8 Å². The maximum Gasteiger partial charge on any atom is 0.253 e. The number of ether oxygens (including phenoxy) is 2. The monoisotopic (exact) mass is 428 g/mol. The smallest absolute Gasteiger partial charge is 0.253 e. The number of aromatic nitrogens is 1. The molecule has 5 N–H and O–H groups in total. The normalized spacial score (nSPS) is 17.8. The second-order valence-electron chi connectivity index (χ2n) is 5.93. The molecule has 1 aliphatic heterocycles. The zero-order valence-corrected chi connectivity index (χ0v) is 16.5. The highest BCUT2D eigenvalue weighted by Gasteiger charge is 2.29. The predicted octanol–water partition coefficient (Wildman–Crippen LogP) is 2.26. The van der Waals surface area contributed by atoms with E-state index in [1.807, 2.05) is 0 Å². The highest BCUT2D eigenvalue weighted by Crippen LogP contribution is 2.23. The van der Waals surface area contributed by atoms with E-state index in [0.29, 0.717) is 35.8 Å². The summed E-state index contributed by atoms with van der Waals surface area (Å²) in [6.07, 6.45) is 2.37. The summed E-state index contributed by atoms with van der Waals surface area (Å²) in [6.45, 7) is 0.411. The first-order valence-electron chi connectivity index (χ1n) is 8.25. The van der Waals surface area contributed by atoms with Gasteiger partial charge in [0, 0.05) is 18.2 Å². The minimum atomic E-state index is -0.535. The Morgan fingerprint density at radius 2 is 2.00 bits per heavy atom. The molecule has 0 bridgehead atoms. The topological polar surface area (TPSA) is 130 Å². The molecule has 0 saturated carbocycles. The van der Waals surface area contributed by atoms with E-state index in [-0.39, 0.29) is 36.8 Å². The van der Waals surface area contributed by atoms with Crippen LogP contribution in [0.15, 0.2) is 42.6 Å². The highest BCUT2D eigenvalue weighted by atomic mass is 35.5. The van der Waals surface area contributed by atoms with Crippen molar-refractivity contribution in [1.29, 1.82) is 0 Å². The van der Waals surface area contributed by atoms with Gasteiger partial charge in [0.25, 0.3) is 5.91 Å². The van der Waals surface area contributed by atoms with E-state index in [9.17, 15) is 9.59 Å². The molecule has 2 atom stereocenters. The molecule has 3 rings (SSSR count). The summed E-state index contributed by atoms with van der Waals surface area (Å²) in [5.74, 6) is 0.0146. The lowest BCUT2D eigenvalue weighted by atomic mass is 10.2. The van der Waals surface area contributed by atoms with Crippen molar-refractivity contribution >= 4 is 42.3 Å². The van der Waals surface area contributed by atoms with Gasteiger partial charge in [-0.25, -0.2) is 4.98 Å². The number of amides is 2. The molecule has 152 valence electrons. The van der Waals surface area contributed by atoms with Crippen molar-refractivity contribution in [3.8, 4) is 11.6 Å². The van der Waals surface area contributed by atoms with E-state index in [0.717, 1.165) is 6.42 Å². The first-order valence-corrected chi connectivity index (χ1v) is 8.25. The van der Waals surface area contributed by atoms with E-state index >= 15 is 0 Å². The van der Waals surface area contributed by atoms with Gasteiger partial charge >= 0.3 is 0 Å². The second kappa shape index (κ2) is 10.8. The van der Waals surface area contributed by atoms with E-state index in [4.69, 9.17) is 20.9 Å².